The molecule has 5 heteroatoms. The Bertz CT molecular complexity index is 299. The number of hydrogen-bond donors (Lipinski definition) is 1. The van der Waals surface area contributed by atoms with E-state index < -0.39 is 0 Å². The molecule has 0 bridgehead atoms. The number of nitrogens with zero attached hydrogens (tertiary/aromatic N) is 2. The summed E-state index contributed by atoms with van der Waals surface area (Å²) in [6, 6.07) is 0.373. The Morgan fingerprint density at radius 1 is 1.44 bits per heavy atom. The van der Waals surface area contributed by atoms with E-state index in [1.807, 2.05) is 0 Å². The summed E-state index contributed by atoms with van der Waals surface area (Å²) in [5.74, 6) is 1.92. The Morgan fingerprint density at radius 3 is 2.69 bits per heavy atom. The molecule has 0 saturated carbocycles. The van der Waals surface area contributed by atoms with E-state index >= 15 is 0 Å². The van der Waals surface area contributed by atoms with Gasteiger partial charge in [0.1, 0.15) is 0 Å². The van der Waals surface area contributed by atoms with Gasteiger partial charge in [-0.2, -0.15) is 4.98 Å². The predicted molar refractivity (Wildman–Crippen MR) is 61.2 cm³/mol. The minimum atomic E-state index is 0.373. The molecule has 0 aliphatic rings. The van der Waals surface area contributed by atoms with Gasteiger partial charge in [0.25, 0.3) is 0 Å². The lowest BCUT2D eigenvalue weighted by atomic mass is 10.1. The molecule has 1 aromatic heterocycles. The number of aryl methyl sites for hydroxylation is 1. The number of aromatic nitrogens is 2. The molecule has 0 saturated heterocycles. The highest BCUT2D eigenvalue weighted by atomic mass is 16.5. The second-order valence-corrected chi connectivity index (χ2v) is 4.24. The number of rotatable bonds is 7. The highest BCUT2D eigenvalue weighted by molar-refractivity contribution is 4.85. The Kier molecular flexibility index (Phi) is 5.42. The van der Waals surface area contributed by atoms with E-state index in [9.17, 15) is 0 Å². The molecule has 1 rings (SSSR count). The molecule has 1 heterocycles. The van der Waals surface area contributed by atoms with Crippen molar-refractivity contribution < 1.29 is 9.26 Å². The van der Waals surface area contributed by atoms with Gasteiger partial charge in [-0.1, -0.05) is 19.0 Å². The molecule has 0 aliphatic heterocycles. The highest BCUT2D eigenvalue weighted by Crippen LogP contribution is 2.02. The second-order valence-electron chi connectivity index (χ2n) is 4.24. The lowest BCUT2D eigenvalue weighted by molar-refractivity contribution is 0.147. The summed E-state index contributed by atoms with van der Waals surface area (Å²) in [6.45, 7) is 7.71. The highest BCUT2D eigenvalue weighted by Gasteiger charge is 2.12. The topological polar surface area (TPSA) is 60.2 Å². The Balaban J connectivity index is 2.27. The van der Waals surface area contributed by atoms with Crippen molar-refractivity contribution in [2.45, 2.75) is 33.2 Å². The second kappa shape index (κ2) is 6.60. The van der Waals surface area contributed by atoms with Crippen LogP contribution in [0.1, 0.15) is 25.6 Å². The summed E-state index contributed by atoms with van der Waals surface area (Å²) in [4.78, 5) is 4.15. The van der Waals surface area contributed by atoms with Crippen LogP contribution in [0.5, 0.6) is 0 Å². The molecule has 1 aromatic rings. The van der Waals surface area contributed by atoms with Crippen molar-refractivity contribution in [2.24, 2.45) is 5.92 Å². The van der Waals surface area contributed by atoms with E-state index in [-0.39, 0.29) is 0 Å². The van der Waals surface area contributed by atoms with Crippen LogP contribution in [-0.4, -0.2) is 36.4 Å². The Morgan fingerprint density at radius 2 is 2.19 bits per heavy atom. The molecule has 0 aromatic carbocycles. The third kappa shape index (κ3) is 4.28. The summed E-state index contributed by atoms with van der Waals surface area (Å²) in [5, 5.41) is 7.28. The summed E-state index contributed by atoms with van der Waals surface area (Å²) in [5.41, 5.74) is 0. The van der Waals surface area contributed by atoms with Gasteiger partial charge in [0.15, 0.2) is 5.82 Å². The van der Waals surface area contributed by atoms with Crippen molar-refractivity contribution in [3.63, 3.8) is 0 Å². The van der Waals surface area contributed by atoms with Crippen LogP contribution < -0.4 is 5.32 Å². The van der Waals surface area contributed by atoms with E-state index in [1.54, 1.807) is 14.0 Å². The molecule has 1 unspecified atom stereocenters. The molecule has 0 aliphatic carbocycles. The van der Waals surface area contributed by atoms with Crippen molar-refractivity contribution in [1.82, 2.24) is 15.5 Å². The number of hydrogen-bond acceptors (Lipinski definition) is 5. The van der Waals surface area contributed by atoms with Gasteiger partial charge in [-0.15, -0.1) is 0 Å². The zero-order chi connectivity index (χ0) is 12.0. The smallest absolute Gasteiger partial charge is 0.223 e. The largest absolute Gasteiger partial charge is 0.383 e. The lowest BCUT2D eigenvalue weighted by Crippen LogP contribution is -2.38. The fourth-order valence-electron chi connectivity index (χ4n) is 1.48. The molecule has 0 amide bonds. The number of ether oxygens (including phenoxy) is 1. The zero-order valence-electron chi connectivity index (χ0n) is 10.5. The van der Waals surface area contributed by atoms with Crippen LogP contribution in [0.15, 0.2) is 4.52 Å². The van der Waals surface area contributed by atoms with Gasteiger partial charge in [-0.3, -0.25) is 0 Å². The average molecular weight is 227 g/mol. The predicted octanol–water partition coefficient (Wildman–Crippen LogP) is 1.18. The quantitative estimate of drug-likeness (QED) is 0.758. The summed E-state index contributed by atoms with van der Waals surface area (Å²) >= 11 is 0. The average Bonchev–Trinajstić information content (AvgIpc) is 2.63. The first-order chi connectivity index (χ1) is 7.63. The lowest BCUT2D eigenvalue weighted by Gasteiger charge is -2.21. The molecular weight excluding hydrogens is 206 g/mol. The first kappa shape index (κ1) is 13.1. The van der Waals surface area contributed by atoms with Crippen molar-refractivity contribution in [3.05, 3.63) is 11.7 Å². The van der Waals surface area contributed by atoms with Crippen LogP contribution in [0.25, 0.3) is 0 Å². The fraction of sp³-hybridized carbons (Fsp3) is 0.818. The van der Waals surface area contributed by atoms with Gasteiger partial charge < -0.3 is 14.6 Å². The SMILES string of the molecule is COCC(NCCc1noc(C)n1)C(C)C. The van der Waals surface area contributed by atoms with Crippen molar-refractivity contribution in [1.29, 1.82) is 0 Å². The van der Waals surface area contributed by atoms with Crippen molar-refractivity contribution in [2.75, 3.05) is 20.3 Å². The van der Waals surface area contributed by atoms with Crippen molar-refractivity contribution >= 4 is 0 Å². The van der Waals surface area contributed by atoms with Gasteiger partial charge in [-0.05, 0) is 5.92 Å². The summed E-state index contributed by atoms with van der Waals surface area (Å²) < 4.78 is 10.1. The maximum absolute atomic E-state index is 5.16. The molecule has 0 spiro atoms. The van der Waals surface area contributed by atoms with Crippen LogP contribution in [0.3, 0.4) is 0 Å². The molecular formula is C11H21N3O2. The van der Waals surface area contributed by atoms with E-state index in [4.69, 9.17) is 9.26 Å². The third-order valence-corrected chi connectivity index (χ3v) is 2.48. The van der Waals surface area contributed by atoms with E-state index in [0.717, 1.165) is 25.4 Å². The molecule has 16 heavy (non-hydrogen) atoms. The van der Waals surface area contributed by atoms with Crippen LogP contribution in [-0.2, 0) is 11.2 Å². The Hall–Kier alpha value is -0.940. The van der Waals surface area contributed by atoms with Gasteiger partial charge >= 0.3 is 0 Å². The van der Waals surface area contributed by atoms with Gasteiger partial charge in [0.2, 0.25) is 5.89 Å². The summed E-state index contributed by atoms with van der Waals surface area (Å²) in [6.07, 6.45) is 0.782. The molecule has 0 radical (unpaired) electrons. The zero-order valence-corrected chi connectivity index (χ0v) is 10.5. The molecule has 1 atom stereocenters. The van der Waals surface area contributed by atoms with Crippen LogP contribution in [0.4, 0.5) is 0 Å². The van der Waals surface area contributed by atoms with Crippen molar-refractivity contribution in [3.8, 4) is 0 Å². The number of nitrogens with one attached hydrogen (secondary N) is 1. The van der Waals surface area contributed by atoms with Gasteiger partial charge in [0, 0.05) is 33.0 Å². The monoisotopic (exact) mass is 227 g/mol. The van der Waals surface area contributed by atoms with Crippen LogP contribution in [0.2, 0.25) is 0 Å². The van der Waals surface area contributed by atoms with Gasteiger partial charge in [0.05, 0.1) is 6.61 Å². The number of methoxy groups -OCH3 is 1. The molecule has 92 valence electrons. The third-order valence-electron chi connectivity index (χ3n) is 2.48. The minimum Gasteiger partial charge on any atom is -0.383 e. The summed E-state index contributed by atoms with van der Waals surface area (Å²) in [7, 11) is 1.72. The normalized spacial score (nSPS) is 13.3. The maximum Gasteiger partial charge on any atom is 0.223 e. The van der Waals surface area contributed by atoms with E-state index in [1.165, 1.54) is 0 Å². The first-order valence-electron chi connectivity index (χ1n) is 5.65. The van der Waals surface area contributed by atoms with Gasteiger partial charge in [-0.25, -0.2) is 0 Å². The van der Waals surface area contributed by atoms with E-state index in [2.05, 4.69) is 29.3 Å². The first-order valence-corrected chi connectivity index (χ1v) is 5.65. The maximum atomic E-state index is 5.16. The Labute approximate surface area is 96.6 Å². The molecule has 0 fully saturated rings. The standard InChI is InChI=1S/C11H21N3O2/c1-8(2)10(7-15-4)12-6-5-11-13-9(3)16-14-11/h8,10,12H,5-7H2,1-4H3. The molecule has 5 nitrogen and oxygen atoms in total. The fourth-order valence-corrected chi connectivity index (χ4v) is 1.48. The molecule has 1 N–H and O–H groups in total. The van der Waals surface area contributed by atoms with E-state index in [0.29, 0.717) is 17.9 Å². The van der Waals surface area contributed by atoms with Crippen LogP contribution in [0, 0.1) is 12.8 Å². The van der Waals surface area contributed by atoms with Crippen LogP contribution >= 0.6 is 0 Å². The minimum absolute atomic E-state index is 0.373.